The van der Waals surface area contributed by atoms with Gasteiger partial charge in [0.2, 0.25) is 0 Å². The zero-order chi connectivity index (χ0) is 13.1. The fraction of sp³-hybridized carbons (Fsp3) is 0.692. The molecule has 3 atom stereocenters. The van der Waals surface area contributed by atoms with Gasteiger partial charge < -0.3 is 10.6 Å². The molecule has 1 heterocycles. The average Bonchev–Trinajstić information content (AvgIpc) is 2.66. The first-order chi connectivity index (χ1) is 8.63. The SMILES string of the molecule is CCNc1ncnc(NC2CCC(C)C2C)c1Br. The third kappa shape index (κ3) is 2.76. The smallest absolute Gasteiger partial charge is 0.146 e. The van der Waals surface area contributed by atoms with Gasteiger partial charge in [-0.3, -0.25) is 0 Å². The van der Waals surface area contributed by atoms with E-state index in [0.717, 1.165) is 28.6 Å². The Labute approximate surface area is 117 Å². The van der Waals surface area contributed by atoms with Crippen LogP contribution in [0.1, 0.15) is 33.6 Å². The lowest BCUT2D eigenvalue weighted by molar-refractivity contribution is 0.435. The van der Waals surface area contributed by atoms with Crippen LogP contribution in [0.4, 0.5) is 11.6 Å². The van der Waals surface area contributed by atoms with E-state index in [4.69, 9.17) is 0 Å². The maximum absolute atomic E-state index is 4.34. The molecule has 0 aliphatic heterocycles. The predicted octanol–water partition coefficient (Wildman–Crippen LogP) is 3.52. The molecule has 5 heteroatoms. The van der Waals surface area contributed by atoms with Crippen molar-refractivity contribution in [1.29, 1.82) is 0 Å². The normalized spacial score (nSPS) is 27.2. The van der Waals surface area contributed by atoms with E-state index in [1.807, 2.05) is 0 Å². The Bertz CT molecular complexity index is 410. The number of nitrogens with zero attached hydrogens (tertiary/aromatic N) is 2. The summed E-state index contributed by atoms with van der Waals surface area (Å²) in [5.41, 5.74) is 0. The minimum atomic E-state index is 0.515. The molecule has 2 rings (SSSR count). The Morgan fingerprint density at radius 1 is 1.28 bits per heavy atom. The van der Waals surface area contributed by atoms with Crippen molar-refractivity contribution < 1.29 is 0 Å². The van der Waals surface area contributed by atoms with Gasteiger partial charge in [0.05, 0.1) is 0 Å². The van der Waals surface area contributed by atoms with Crippen LogP contribution in [0.3, 0.4) is 0 Å². The van der Waals surface area contributed by atoms with E-state index in [1.165, 1.54) is 12.8 Å². The maximum Gasteiger partial charge on any atom is 0.146 e. The summed E-state index contributed by atoms with van der Waals surface area (Å²) in [7, 11) is 0. The minimum absolute atomic E-state index is 0.515. The number of nitrogens with one attached hydrogen (secondary N) is 2. The quantitative estimate of drug-likeness (QED) is 0.893. The first-order valence-electron chi connectivity index (χ1n) is 6.64. The van der Waals surface area contributed by atoms with Gasteiger partial charge in [-0.2, -0.15) is 0 Å². The Kier molecular flexibility index (Phi) is 4.43. The van der Waals surface area contributed by atoms with Crippen molar-refractivity contribution in [3.8, 4) is 0 Å². The van der Waals surface area contributed by atoms with E-state index in [-0.39, 0.29) is 0 Å². The summed E-state index contributed by atoms with van der Waals surface area (Å²) in [5.74, 6) is 3.23. The molecule has 0 bridgehead atoms. The standard InChI is InChI=1S/C13H21BrN4/c1-4-15-12-11(14)13(17-7-16-12)18-10-6-5-8(2)9(10)3/h7-10H,4-6H2,1-3H3,(H2,15,16,17,18). The summed E-state index contributed by atoms with van der Waals surface area (Å²) in [6, 6.07) is 0.515. The highest BCUT2D eigenvalue weighted by Gasteiger charge is 2.30. The molecule has 0 radical (unpaired) electrons. The average molecular weight is 313 g/mol. The number of aromatic nitrogens is 2. The zero-order valence-corrected chi connectivity index (χ0v) is 12.8. The Hall–Kier alpha value is -0.840. The molecule has 0 aromatic carbocycles. The topological polar surface area (TPSA) is 49.8 Å². The summed E-state index contributed by atoms with van der Waals surface area (Å²) < 4.78 is 0.929. The lowest BCUT2D eigenvalue weighted by Crippen LogP contribution is -2.25. The van der Waals surface area contributed by atoms with Crippen LogP contribution in [0.25, 0.3) is 0 Å². The van der Waals surface area contributed by atoms with Crippen LogP contribution in [0, 0.1) is 11.8 Å². The van der Waals surface area contributed by atoms with E-state index < -0.39 is 0 Å². The summed E-state index contributed by atoms with van der Waals surface area (Å²) in [5, 5.41) is 6.77. The Balaban J connectivity index is 2.12. The van der Waals surface area contributed by atoms with Gasteiger partial charge in [-0.05, 0) is 47.5 Å². The summed E-state index contributed by atoms with van der Waals surface area (Å²) in [6.07, 6.45) is 4.12. The number of rotatable bonds is 4. The predicted molar refractivity (Wildman–Crippen MR) is 78.9 cm³/mol. The minimum Gasteiger partial charge on any atom is -0.369 e. The number of anilines is 2. The van der Waals surface area contributed by atoms with Gasteiger partial charge in [-0.1, -0.05) is 13.8 Å². The lowest BCUT2D eigenvalue weighted by Gasteiger charge is -2.21. The molecular weight excluding hydrogens is 292 g/mol. The third-order valence-corrected chi connectivity index (χ3v) is 4.67. The highest BCUT2D eigenvalue weighted by molar-refractivity contribution is 9.10. The molecule has 1 aliphatic carbocycles. The van der Waals surface area contributed by atoms with Gasteiger partial charge in [0.1, 0.15) is 22.4 Å². The van der Waals surface area contributed by atoms with Crippen LogP contribution in [-0.2, 0) is 0 Å². The molecule has 4 nitrogen and oxygen atoms in total. The molecule has 3 unspecified atom stereocenters. The van der Waals surface area contributed by atoms with Crippen molar-refractivity contribution in [3.63, 3.8) is 0 Å². The van der Waals surface area contributed by atoms with Crippen molar-refractivity contribution in [2.24, 2.45) is 11.8 Å². The molecule has 1 aromatic heterocycles. The van der Waals surface area contributed by atoms with Crippen LogP contribution in [0.2, 0.25) is 0 Å². The summed E-state index contributed by atoms with van der Waals surface area (Å²) in [6.45, 7) is 7.55. The van der Waals surface area contributed by atoms with E-state index in [9.17, 15) is 0 Å². The van der Waals surface area contributed by atoms with Crippen molar-refractivity contribution >= 4 is 27.6 Å². The molecule has 18 heavy (non-hydrogen) atoms. The van der Waals surface area contributed by atoms with Gasteiger partial charge in [0.25, 0.3) is 0 Å². The van der Waals surface area contributed by atoms with Gasteiger partial charge in [-0.25, -0.2) is 9.97 Å². The number of hydrogen-bond donors (Lipinski definition) is 2. The van der Waals surface area contributed by atoms with E-state index in [2.05, 4.69) is 57.3 Å². The Morgan fingerprint density at radius 3 is 2.61 bits per heavy atom. The maximum atomic E-state index is 4.34. The summed E-state index contributed by atoms with van der Waals surface area (Å²) in [4.78, 5) is 8.56. The van der Waals surface area contributed by atoms with Crippen LogP contribution in [0.5, 0.6) is 0 Å². The Morgan fingerprint density at radius 2 is 2.00 bits per heavy atom. The second-order valence-corrected chi connectivity index (χ2v) is 5.87. The van der Waals surface area contributed by atoms with Gasteiger partial charge in [0.15, 0.2) is 0 Å². The van der Waals surface area contributed by atoms with Gasteiger partial charge in [0, 0.05) is 12.6 Å². The van der Waals surface area contributed by atoms with Crippen LogP contribution in [0.15, 0.2) is 10.8 Å². The van der Waals surface area contributed by atoms with Crippen LogP contribution >= 0.6 is 15.9 Å². The molecular formula is C13H21BrN4. The highest BCUT2D eigenvalue weighted by Crippen LogP contribution is 2.35. The molecule has 0 amide bonds. The first kappa shape index (κ1) is 13.6. The van der Waals surface area contributed by atoms with Crippen molar-refractivity contribution in [3.05, 3.63) is 10.8 Å². The van der Waals surface area contributed by atoms with Crippen LogP contribution < -0.4 is 10.6 Å². The monoisotopic (exact) mass is 312 g/mol. The van der Waals surface area contributed by atoms with E-state index in [1.54, 1.807) is 6.33 Å². The molecule has 2 N–H and O–H groups in total. The van der Waals surface area contributed by atoms with E-state index >= 15 is 0 Å². The van der Waals surface area contributed by atoms with Gasteiger partial charge >= 0.3 is 0 Å². The lowest BCUT2D eigenvalue weighted by atomic mass is 9.98. The first-order valence-corrected chi connectivity index (χ1v) is 7.43. The van der Waals surface area contributed by atoms with Gasteiger partial charge in [-0.15, -0.1) is 0 Å². The highest BCUT2D eigenvalue weighted by atomic mass is 79.9. The molecule has 100 valence electrons. The largest absolute Gasteiger partial charge is 0.369 e. The second kappa shape index (κ2) is 5.87. The molecule has 1 aromatic rings. The molecule has 1 aliphatic rings. The second-order valence-electron chi connectivity index (χ2n) is 5.08. The fourth-order valence-electron chi connectivity index (χ4n) is 2.51. The summed E-state index contributed by atoms with van der Waals surface area (Å²) >= 11 is 3.57. The molecule has 1 saturated carbocycles. The van der Waals surface area contributed by atoms with Crippen molar-refractivity contribution in [2.75, 3.05) is 17.2 Å². The number of hydrogen-bond acceptors (Lipinski definition) is 4. The fourth-order valence-corrected chi connectivity index (χ4v) is 2.96. The van der Waals surface area contributed by atoms with Crippen molar-refractivity contribution in [1.82, 2.24) is 9.97 Å². The van der Waals surface area contributed by atoms with Crippen molar-refractivity contribution in [2.45, 2.75) is 39.7 Å². The molecule has 0 saturated heterocycles. The molecule has 1 fully saturated rings. The third-order valence-electron chi connectivity index (χ3n) is 3.92. The zero-order valence-electron chi connectivity index (χ0n) is 11.2. The molecule has 0 spiro atoms. The number of halogens is 1. The van der Waals surface area contributed by atoms with E-state index in [0.29, 0.717) is 12.0 Å². The van der Waals surface area contributed by atoms with Crippen LogP contribution in [-0.4, -0.2) is 22.6 Å².